The highest BCUT2D eigenvalue weighted by atomic mass is 32.2. The van der Waals surface area contributed by atoms with E-state index in [2.05, 4.69) is 10.3 Å². The SMILES string of the molecule is CO[C@]1(Cc2c[nH]c3ccccc23)NC(=O)[C@](CO)(SC)N(C)C1=O. The molecule has 0 bridgehead atoms. The van der Waals surface area contributed by atoms with E-state index in [1.54, 1.807) is 6.26 Å². The van der Waals surface area contributed by atoms with Gasteiger partial charge in [0.25, 0.3) is 11.8 Å². The Labute approximate surface area is 149 Å². The number of aromatic amines is 1. The molecule has 3 N–H and O–H groups in total. The number of aliphatic hydroxyl groups excluding tert-OH is 1. The first-order valence-corrected chi connectivity index (χ1v) is 9.03. The van der Waals surface area contributed by atoms with Gasteiger partial charge in [-0.3, -0.25) is 9.59 Å². The normalized spacial score (nSPS) is 27.0. The Balaban J connectivity index is 2.01. The highest BCUT2D eigenvalue weighted by Crippen LogP contribution is 2.35. The van der Waals surface area contributed by atoms with Crippen molar-refractivity contribution in [3.63, 3.8) is 0 Å². The summed E-state index contributed by atoms with van der Waals surface area (Å²) in [6.45, 7) is -0.477. The number of nitrogens with one attached hydrogen (secondary N) is 2. The molecule has 134 valence electrons. The zero-order chi connectivity index (χ0) is 18.2. The maximum absolute atomic E-state index is 13.1. The minimum absolute atomic E-state index is 0.179. The van der Waals surface area contributed by atoms with E-state index in [-0.39, 0.29) is 6.42 Å². The van der Waals surface area contributed by atoms with E-state index in [9.17, 15) is 14.7 Å². The number of aliphatic hydroxyl groups is 1. The number of H-pyrrole nitrogens is 1. The number of fused-ring (bicyclic) bond motifs is 1. The van der Waals surface area contributed by atoms with E-state index in [1.165, 1.54) is 19.1 Å². The maximum Gasteiger partial charge on any atom is 0.277 e. The van der Waals surface area contributed by atoms with Gasteiger partial charge in [0, 0.05) is 37.7 Å². The number of amides is 2. The van der Waals surface area contributed by atoms with Gasteiger partial charge in [-0.2, -0.15) is 0 Å². The van der Waals surface area contributed by atoms with E-state index in [0.717, 1.165) is 28.2 Å². The fourth-order valence-corrected chi connectivity index (χ4v) is 3.99. The van der Waals surface area contributed by atoms with Gasteiger partial charge in [0.1, 0.15) is 0 Å². The average molecular weight is 363 g/mol. The van der Waals surface area contributed by atoms with E-state index < -0.39 is 29.0 Å². The molecule has 2 atom stereocenters. The summed E-state index contributed by atoms with van der Waals surface area (Å²) >= 11 is 1.12. The second-order valence-electron chi connectivity index (χ2n) is 6.03. The highest BCUT2D eigenvalue weighted by Gasteiger charge is 2.58. The third-order valence-corrected chi connectivity index (χ3v) is 6.14. The Bertz CT molecular complexity index is 817. The Hall–Kier alpha value is -2.03. The molecule has 1 saturated heterocycles. The predicted octanol–water partition coefficient (Wildman–Crippen LogP) is 0.693. The van der Waals surface area contributed by atoms with Crippen molar-refractivity contribution in [2.45, 2.75) is 17.0 Å². The first-order valence-electron chi connectivity index (χ1n) is 7.81. The molecule has 2 amide bonds. The lowest BCUT2D eigenvalue weighted by atomic mass is 9.96. The quantitative estimate of drug-likeness (QED) is 0.727. The van der Waals surface area contributed by atoms with Gasteiger partial charge in [-0.1, -0.05) is 18.2 Å². The predicted molar refractivity (Wildman–Crippen MR) is 96.0 cm³/mol. The molecule has 8 heteroatoms. The Morgan fingerprint density at radius 1 is 1.32 bits per heavy atom. The summed E-state index contributed by atoms with van der Waals surface area (Å²) in [5, 5.41) is 13.4. The molecule has 1 aromatic heterocycles. The monoisotopic (exact) mass is 363 g/mol. The summed E-state index contributed by atoms with van der Waals surface area (Å²) in [4.78, 5) is 28.9. The zero-order valence-corrected chi connectivity index (χ0v) is 15.1. The molecule has 2 heterocycles. The van der Waals surface area contributed by atoms with Crippen LogP contribution in [0.15, 0.2) is 30.5 Å². The number of thioether (sulfide) groups is 1. The Morgan fingerprint density at radius 2 is 2.04 bits per heavy atom. The molecule has 0 saturated carbocycles. The minimum Gasteiger partial charge on any atom is -0.392 e. The van der Waals surface area contributed by atoms with Crippen LogP contribution < -0.4 is 5.32 Å². The zero-order valence-electron chi connectivity index (χ0n) is 14.3. The summed E-state index contributed by atoms with van der Waals surface area (Å²) in [5.41, 5.74) is 0.297. The summed E-state index contributed by atoms with van der Waals surface area (Å²) in [6.07, 6.45) is 3.67. The number of piperazine rings is 1. The minimum atomic E-state index is -1.51. The molecular formula is C17H21N3O4S. The van der Waals surface area contributed by atoms with Crippen molar-refractivity contribution in [2.75, 3.05) is 27.0 Å². The number of ether oxygens (including phenoxy) is 1. The number of carbonyl (C=O) groups excluding carboxylic acids is 2. The van der Waals surface area contributed by atoms with Crippen molar-refractivity contribution in [1.82, 2.24) is 15.2 Å². The number of hydrogen-bond acceptors (Lipinski definition) is 5. The van der Waals surface area contributed by atoms with E-state index in [1.807, 2.05) is 30.5 Å². The molecule has 7 nitrogen and oxygen atoms in total. The second kappa shape index (κ2) is 6.36. The van der Waals surface area contributed by atoms with Crippen molar-refractivity contribution in [1.29, 1.82) is 0 Å². The van der Waals surface area contributed by atoms with Crippen LogP contribution in [0.1, 0.15) is 5.56 Å². The van der Waals surface area contributed by atoms with Gasteiger partial charge in [0.15, 0.2) is 4.87 Å². The van der Waals surface area contributed by atoms with E-state index in [4.69, 9.17) is 4.74 Å². The summed E-state index contributed by atoms with van der Waals surface area (Å²) in [6, 6.07) is 7.72. The summed E-state index contributed by atoms with van der Waals surface area (Å²) in [7, 11) is 2.91. The van der Waals surface area contributed by atoms with Crippen LogP contribution in [0.3, 0.4) is 0 Å². The van der Waals surface area contributed by atoms with Crippen LogP contribution in [0.2, 0.25) is 0 Å². The Morgan fingerprint density at radius 3 is 2.68 bits per heavy atom. The van der Waals surface area contributed by atoms with Crippen LogP contribution in [-0.2, 0) is 20.7 Å². The standard InChI is InChI=1S/C17H21N3O4S/c1-20-15(23)16(24-2,19-14(22)17(20,10-21)25-3)8-11-9-18-13-7-5-4-6-12(11)13/h4-7,9,18,21H,8,10H2,1-3H3,(H,19,22)/t16-,17-/m0/s1. The van der Waals surface area contributed by atoms with Gasteiger partial charge < -0.3 is 25.0 Å². The molecule has 0 aliphatic carbocycles. The van der Waals surface area contributed by atoms with Gasteiger partial charge in [-0.25, -0.2) is 0 Å². The number of benzene rings is 1. The lowest BCUT2D eigenvalue weighted by molar-refractivity contribution is -0.178. The largest absolute Gasteiger partial charge is 0.392 e. The van der Waals surface area contributed by atoms with Crippen LogP contribution in [0.4, 0.5) is 0 Å². The lowest BCUT2D eigenvalue weighted by Gasteiger charge is -2.48. The molecule has 2 aromatic rings. The van der Waals surface area contributed by atoms with Gasteiger partial charge in [0.05, 0.1) is 6.61 Å². The first-order chi connectivity index (χ1) is 11.9. The van der Waals surface area contributed by atoms with Gasteiger partial charge in [0.2, 0.25) is 5.72 Å². The molecule has 3 rings (SSSR count). The lowest BCUT2D eigenvalue weighted by Crippen LogP contribution is -2.76. The number of likely N-dealkylation sites (N-methyl/N-ethyl adjacent to an activating group) is 1. The summed E-state index contributed by atoms with van der Waals surface area (Å²) in [5.74, 6) is -0.852. The molecule has 1 aliphatic heterocycles. The van der Waals surface area contributed by atoms with Crippen LogP contribution in [-0.4, -0.2) is 64.4 Å². The number of rotatable bonds is 5. The van der Waals surface area contributed by atoms with Crippen molar-refractivity contribution in [3.05, 3.63) is 36.0 Å². The highest BCUT2D eigenvalue weighted by molar-refractivity contribution is 8.00. The molecule has 25 heavy (non-hydrogen) atoms. The van der Waals surface area contributed by atoms with Crippen molar-refractivity contribution in [3.8, 4) is 0 Å². The molecule has 0 radical (unpaired) electrons. The third kappa shape index (κ3) is 2.52. The van der Waals surface area contributed by atoms with Crippen molar-refractivity contribution in [2.24, 2.45) is 0 Å². The van der Waals surface area contributed by atoms with E-state index >= 15 is 0 Å². The van der Waals surface area contributed by atoms with Gasteiger partial charge >= 0.3 is 0 Å². The number of carbonyl (C=O) groups is 2. The Kier molecular flexibility index (Phi) is 4.52. The second-order valence-corrected chi connectivity index (χ2v) is 7.12. The maximum atomic E-state index is 13.1. The third-order valence-electron chi connectivity index (χ3n) is 4.88. The molecule has 1 aliphatic rings. The molecule has 1 aromatic carbocycles. The van der Waals surface area contributed by atoms with Crippen LogP contribution in [0.5, 0.6) is 0 Å². The number of methoxy groups -OCH3 is 1. The van der Waals surface area contributed by atoms with E-state index in [0.29, 0.717) is 0 Å². The molecule has 0 unspecified atom stereocenters. The first kappa shape index (κ1) is 17.8. The number of hydrogen-bond donors (Lipinski definition) is 3. The average Bonchev–Trinajstić information content (AvgIpc) is 3.03. The van der Waals surface area contributed by atoms with Crippen LogP contribution >= 0.6 is 11.8 Å². The van der Waals surface area contributed by atoms with Crippen LogP contribution in [0, 0.1) is 0 Å². The fraction of sp³-hybridized carbons (Fsp3) is 0.412. The molecular weight excluding hydrogens is 342 g/mol. The topological polar surface area (TPSA) is 94.7 Å². The van der Waals surface area contributed by atoms with Gasteiger partial charge in [-0.05, 0) is 17.9 Å². The van der Waals surface area contributed by atoms with Gasteiger partial charge in [-0.15, -0.1) is 11.8 Å². The number of para-hydroxylation sites is 1. The van der Waals surface area contributed by atoms with Crippen molar-refractivity contribution < 1.29 is 19.4 Å². The molecule has 1 fully saturated rings. The fourth-order valence-electron chi connectivity index (χ4n) is 3.27. The van der Waals surface area contributed by atoms with Crippen LogP contribution in [0.25, 0.3) is 10.9 Å². The smallest absolute Gasteiger partial charge is 0.277 e. The molecule has 0 spiro atoms. The number of aromatic nitrogens is 1. The summed E-state index contributed by atoms with van der Waals surface area (Å²) < 4.78 is 5.51. The number of nitrogens with zero attached hydrogens (tertiary/aromatic N) is 1. The van der Waals surface area contributed by atoms with Crippen molar-refractivity contribution >= 4 is 34.5 Å².